The van der Waals surface area contributed by atoms with Crippen molar-refractivity contribution < 1.29 is 23.8 Å². The maximum absolute atomic E-state index is 14.1. The van der Waals surface area contributed by atoms with E-state index in [2.05, 4.69) is 4.98 Å². The van der Waals surface area contributed by atoms with Crippen LogP contribution in [0.25, 0.3) is 11.5 Å². The van der Waals surface area contributed by atoms with Gasteiger partial charge in [0.2, 0.25) is 5.89 Å². The van der Waals surface area contributed by atoms with E-state index in [-0.39, 0.29) is 18.6 Å². The first kappa shape index (κ1) is 29.5. The molecule has 0 saturated heterocycles. The summed E-state index contributed by atoms with van der Waals surface area (Å²) in [5.74, 6) is 0.149. The Kier molecular flexibility index (Phi) is 9.44. The monoisotopic (exact) mass is 574 g/mol. The number of aromatic nitrogens is 1. The van der Waals surface area contributed by atoms with Gasteiger partial charge in [-0.1, -0.05) is 84.9 Å². The van der Waals surface area contributed by atoms with Crippen molar-refractivity contribution in [3.05, 3.63) is 143 Å². The Labute approximate surface area is 251 Å². The second-order valence-corrected chi connectivity index (χ2v) is 10.4. The Morgan fingerprint density at radius 1 is 0.860 bits per heavy atom. The van der Waals surface area contributed by atoms with E-state index in [0.29, 0.717) is 35.8 Å². The van der Waals surface area contributed by atoms with Gasteiger partial charge in [0.15, 0.2) is 5.78 Å². The summed E-state index contributed by atoms with van der Waals surface area (Å²) in [4.78, 5) is 30.1. The Morgan fingerprint density at radius 2 is 1.47 bits per heavy atom. The molecule has 218 valence electrons. The van der Waals surface area contributed by atoms with E-state index in [4.69, 9.17) is 14.9 Å². The topological polar surface area (TPSA) is 116 Å². The molecule has 43 heavy (non-hydrogen) atoms. The van der Waals surface area contributed by atoms with Gasteiger partial charge in [0, 0.05) is 18.4 Å². The average molecular weight is 575 g/mol. The molecular formula is C36H34N2O5. The van der Waals surface area contributed by atoms with E-state index in [1.807, 2.05) is 97.9 Å². The van der Waals surface area contributed by atoms with Gasteiger partial charge in [-0.15, -0.1) is 0 Å². The highest BCUT2D eigenvalue weighted by Gasteiger charge is 2.30. The number of benzene rings is 4. The highest BCUT2D eigenvalue weighted by molar-refractivity contribution is 5.94. The quantitative estimate of drug-likeness (QED) is 0.161. The Hall–Kier alpha value is -5.01. The molecule has 0 bridgehead atoms. The first-order chi connectivity index (χ1) is 20.9. The third kappa shape index (κ3) is 7.26. The van der Waals surface area contributed by atoms with Crippen LogP contribution in [0.4, 0.5) is 0 Å². The lowest BCUT2D eigenvalue weighted by molar-refractivity contribution is -0.137. The molecule has 0 aliphatic carbocycles. The molecule has 1 aromatic heterocycles. The van der Waals surface area contributed by atoms with Crippen molar-refractivity contribution in [2.24, 2.45) is 5.73 Å². The van der Waals surface area contributed by atoms with Crippen molar-refractivity contribution in [1.82, 2.24) is 4.98 Å². The first-order valence-corrected chi connectivity index (χ1v) is 14.3. The minimum Gasteiger partial charge on any atom is -0.493 e. The van der Waals surface area contributed by atoms with Crippen LogP contribution in [0, 0.1) is 6.92 Å². The lowest BCUT2D eigenvalue weighted by atomic mass is 9.82. The molecule has 0 saturated carbocycles. The van der Waals surface area contributed by atoms with Crippen molar-refractivity contribution in [1.29, 1.82) is 0 Å². The predicted octanol–water partition coefficient (Wildman–Crippen LogP) is 6.69. The number of carboxylic acids is 1. The minimum absolute atomic E-state index is 0.0793. The Morgan fingerprint density at radius 3 is 2.07 bits per heavy atom. The van der Waals surface area contributed by atoms with Crippen molar-refractivity contribution in [3.8, 4) is 17.2 Å². The molecular weight excluding hydrogens is 540 g/mol. The molecule has 4 aromatic carbocycles. The minimum atomic E-state index is -0.996. The van der Waals surface area contributed by atoms with Crippen LogP contribution in [0.5, 0.6) is 5.75 Å². The molecule has 0 aliphatic heterocycles. The molecule has 5 aromatic rings. The van der Waals surface area contributed by atoms with E-state index >= 15 is 0 Å². The van der Waals surface area contributed by atoms with Crippen LogP contribution in [0.3, 0.4) is 0 Å². The van der Waals surface area contributed by atoms with Gasteiger partial charge < -0.3 is 20.0 Å². The van der Waals surface area contributed by atoms with Gasteiger partial charge in [-0.3, -0.25) is 9.59 Å². The van der Waals surface area contributed by atoms with Crippen LogP contribution < -0.4 is 10.5 Å². The van der Waals surface area contributed by atoms with Crippen LogP contribution >= 0.6 is 0 Å². The molecule has 7 heteroatoms. The number of aryl methyl sites for hydroxylation is 2. The highest BCUT2D eigenvalue weighted by Crippen LogP contribution is 2.33. The van der Waals surface area contributed by atoms with Gasteiger partial charge in [0.05, 0.1) is 24.3 Å². The summed E-state index contributed by atoms with van der Waals surface area (Å²) in [6.07, 6.45) is 0.686. The number of carboxylic acid groups (broad SMARTS) is 1. The van der Waals surface area contributed by atoms with Crippen LogP contribution in [0.1, 0.15) is 52.1 Å². The standard InChI is InChI=1S/C36H34N2O5/c1-24-31(38-36(43-24)28-15-9-4-10-16-28)21-22-42-29-19-17-25(18-20-32(39)40)30(23-29)34(37)35(41)33(26-11-5-2-6-12-26)27-13-7-3-8-14-27/h2-17,19,23,33-34H,18,20-22,37H2,1H3,(H,39,40). The van der Waals surface area contributed by atoms with E-state index in [0.717, 1.165) is 28.1 Å². The molecule has 0 spiro atoms. The highest BCUT2D eigenvalue weighted by atomic mass is 16.5. The molecule has 3 N–H and O–H groups in total. The Balaban J connectivity index is 1.38. The number of ether oxygens (including phenoxy) is 1. The zero-order valence-corrected chi connectivity index (χ0v) is 24.0. The van der Waals surface area contributed by atoms with E-state index in [9.17, 15) is 14.7 Å². The van der Waals surface area contributed by atoms with Gasteiger partial charge in [0.25, 0.3) is 0 Å². The third-order valence-corrected chi connectivity index (χ3v) is 7.44. The normalized spacial score (nSPS) is 11.8. The molecule has 7 nitrogen and oxygen atoms in total. The zero-order chi connectivity index (χ0) is 30.2. The summed E-state index contributed by atoms with van der Waals surface area (Å²) in [6.45, 7) is 2.21. The van der Waals surface area contributed by atoms with Crippen LogP contribution in [0.15, 0.2) is 114 Å². The summed E-state index contributed by atoms with van der Waals surface area (Å²) in [5, 5.41) is 9.34. The predicted molar refractivity (Wildman–Crippen MR) is 165 cm³/mol. The molecule has 1 heterocycles. The van der Waals surface area contributed by atoms with Crippen molar-refractivity contribution in [2.75, 3.05) is 6.61 Å². The fourth-order valence-corrected chi connectivity index (χ4v) is 5.20. The SMILES string of the molecule is Cc1oc(-c2ccccc2)nc1CCOc1ccc(CCC(=O)O)c(C(N)C(=O)C(c2ccccc2)c2ccccc2)c1. The number of Topliss-reactive ketones (excluding diaryl/α,β-unsaturated/α-hetero) is 1. The average Bonchev–Trinajstić information content (AvgIpc) is 3.41. The van der Waals surface area contributed by atoms with Crippen molar-refractivity contribution in [3.63, 3.8) is 0 Å². The van der Waals surface area contributed by atoms with Crippen LogP contribution in [-0.4, -0.2) is 28.4 Å². The largest absolute Gasteiger partial charge is 0.493 e. The first-order valence-electron chi connectivity index (χ1n) is 14.3. The van der Waals surface area contributed by atoms with Crippen molar-refractivity contribution >= 4 is 11.8 Å². The smallest absolute Gasteiger partial charge is 0.303 e. The molecule has 5 rings (SSSR count). The van der Waals surface area contributed by atoms with Gasteiger partial charge in [-0.2, -0.15) is 0 Å². The molecule has 1 unspecified atom stereocenters. The number of hydrogen-bond donors (Lipinski definition) is 2. The fourth-order valence-electron chi connectivity index (χ4n) is 5.20. The molecule has 0 aliphatic rings. The number of oxazole rings is 1. The number of nitrogens with two attached hydrogens (primary N) is 1. The summed E-state index contributed by atoms with van der Waals surface area (Å²) in [5.41, 5.74) is 11.4. The molecule has 1 atom stereocenters. The number of rotatable bonds is 13. The number of carbonyl (C=O) groups is 2. The zero-order valence-electron chi connectivity index (χ0n) is 24.0. The van der Waals surface area contributed by atoms with E-state index < -0.39 is 17.9 Å². The number of nitrogens with zero attached hydrogens (tertiary/aromatic N) is 1. The summed E-state index contributed by atoms with van der Waals surface area (Å²) in [7, 11) is 0. The summed E-state index contributed by atoms with van der Waals surface area (Å²) < 4.78 is 12.0. The molecule has 0 amide bonds. The number of hydrogen-bond acceptors (Lipinski definition) is 6. The maximum Gasteiger partial charge on any atom is 0.303 e. The summed E-state index contributed by atoms with van der Waals surface area (Å²) >= 11 is 0. The van der Waals surface area contributed by atoms with Gasteiger partial charge in [0.1, 0.15) is 11.5 Å². The van der Waals surface area contributed by atoms with E-state index in [1.54, 1.807) is 18.2 Å². The van der Waals surface area contributed by atoms with Crippen LogP contribution in [-0.2, 0) is 22.4 Å². The number of aliphatic carboxylic acids is 1. The van der Waals surface area contributed by atoms with Crippen LogP contribution in [0.2, 0.25) is 0 Å². The Bertz CT molecular complexity index is 1630. The number of ketones is 1. The van der Waals surface area contributed by atoms with Crippen molar-refractivity contribution in [2.45, 2.75) is 38.1 Å². The summed E-state index contributed by atoms with van der Waals surface area (Å²) in [6, 6.07) is 33.2. The van der Waals surface area contributed by atoms with Gasteiger partial charge in [-0.25, -0.2) is 4.98 Å². The third-order valence-electron chi connectivity index (χ3n) is 7.44. The maximum atomic E-state index is 14.1. The van der Waals surface area contributed by atoms with Gasteiger partial charge in [-0.05, 0) is 59.9 Å². The molecule has 0 fully saturated rings. The fraction of sp³-hybridized carbons (Fsp3) is 0.194. The number of carbonyl (C=O) groups excluding carboxylic acids is 1. The van der Waals surface area contributed by atoms with Gasteiger partial charge >= 0.3 is 5.97 Å². The second kappa shape index (κ2) is 13.8. The second-order valence-electron chi connectivity index (χ2n) is 10.4. The lowest BCUT2D eigenvalue weighted by Crippen LogP contribution is -2.29. The molecule has 0 radical (unpaired) electrons. The van der Waals surface area contributed by atoms with E-state index in [1.165, 1.54) is 0 Å². The lowest BCUT2D eigenvalue weighted by Gasteiger charge is -2.23.